The van der Waals surface area contributed by atoms with Gasteiger partial charge in [0.15, 0.2) is 0 Å². The van der Waals surface area contributed by atoms with Crippen LogP contribution in [-0.2, 0) is 6.18 Å². The number of nitrogens with zero attached hydrogens (tertiary/aromatic N) is 2. The van der Waals surface area contributed by atoms with Gasteiger partial charge in [0.1, 0.15) is 5.82 Å². The highest BCUT2D eigenvalue weighted by Crippen LogP contribution is 2.35. The van der Waals surface area contributed by atoms with E-state index in [0.717, 1.165) is 27.8 Å². The first kappa shape index (κ1) is 17.0. The van der Waals surface area contributed by atoms with Crippen LogP contribution in [0, 0.1) is 5.82 Å². The van der Waals surface area contributed by atoms with Crippen LogP contribution < -0.4 is 0 Å². The molecule has 3 rings (SSSR count). The SMILES string of the molecule is CC(C)c1nn2ccc(-c3ccc(F)c(C(F)(F)F)c3)cc2c1Br. The van der Waals surface area contributed by atoms with E-state index in [4.69, 9.17) is 0 Å². The van der Waals surface area contributed by atoms with Crippen molar-refractivity contribution < 1.29 is 17.6 Å². The van der Waals surface area contributed by atoms with Crippen LogP contribution in [0.25, 0.3) is 16.6 Å². The van der Waals surface area contributed by atoms with Crippen LogP contribution in [0.5, 0.6) is 0 Å². The quantitative estimate of drug-likeness (QED) is 0.479. The zero-order chi connectivity index (χ0) is 17.6. The second-order valence-corrected chi connectivity index (χ2v) is 6.58. The van der Waals surface area contributed by atoms with Crippen molar-refractivity contribution in [3.63, 3.8) is 0 Å². The summed E-state index contributed by atoms with van der Waals surface area (Å²) >= 11 is 3.49. The lowest BCUT2D eigenvalue weighted by Crippen LogP contribution is -2.08. The van der Waals surface area contributed by atoms with E-state index in [0.29, 0.717) is 11.1 Å². The highest BCUT2D eigenvalue weighted by molar-refractivity contribution is 9.10. The Morgan fingerprint density at radius 2 is 1.75 bits per heavy atom. The Labute approximate surface area is 144 Å². The monoisotopic (exact) mass is 400 g/mol. The molecule has 0 saturated carbocycles. The van der Waals surface area contributed by atoms with Gasteiger partial charge in [0, 0.05) is 6.20 Å². The van der Waals surface area contributed by atoms with Crippen molar-refractivity contribution in [2.24, 2.45) is 0 Å². The summed E-state index contributed by atoms with van der Waals surface area (Å²) in [7, 11) is 0. The van der Waals surface area contributed by atoms with Gasteiger partial charge in [-0.15, -0.1) is 0 Å². The van der Waals surface area contributed by atoms with E-state index in [-0.39, 0.29) is 5.92 Å². The number of benzene rings is 1. The molecule has 0 amide bonds. The molecule has 0 saturated heterocycles. The lowest BCUT2D eigenvalue weighted by atomic mass is 10.0. The van der Waals surface area contributed by atoms with Crippen LogP contribution in [0.4, 0.5) is 17.6 Å². The van der Waals surface area contributed by atoms with Crippen LogP contribution in [0.2, 0.25) is 0 Å². The second-order valence-electron chi connectivity index (χ2n) is 5.79. The van der Waals surface area contributed by atoms with Crippen molar-refractivity contribution in [2.75, 3.05) is 0 Å². The van der Waals surface area contributed by atoms with Gasteiger partial charge in [-0.25, -0.2) is 8.91 Å². The summed E-state index contributed by atoms with van der Waals surface area (Å²) < 4.78 is 54.6. The first-order valence-electron chi connectivity index (χ1n) is 7.23. The van der Waals surface area contributed by atoms with Gasteiger partial charge < -0.3 is 0 Å². The number of aromatic nitrogens is 2. The molecule has 2 heterocycles. The Morgan fingerprint density at radius 3 is 2.38 bits per heavy atom. The zero-order valence-electron chi connectivity index (χ0n) is 12.8. The van der Waals surface area contributed by atoms with Crippen LogP contribution in [0.15, 0.2) is 41.0 Å². The molecule has 0 unspecified atom stereocenters. The topological polar surface area (TPSA) is 17.3 Å². The summed E-state index contributed by atoms with van der Waals surface area (Å²) in [5.41, 5.74) is 1.20. The Kier molecular flexibility index (Phi) is 4.15. The minimum absolute atomic E-state index is 0.199. The largest absolute Gasteiger partial charge is 0.419 e. The molecule has 2 nitrogen and oxygen atoms in total. The molecule has 7 heteroatoms. The van der Waals surface area contributed by atoms with Gasteiger partial charge in [-0.05, 0) is 57.2 Å². The van der Waals surface area contributed by atoms with Crippen molar-refractivity contribution in [3.05, 3.63) is 58.1 Å². The third kappa shape index (κ3) is 2.92. The number of halogens is 5. The van der Waals surface area contributed by atoms with Crippen LogP contribution in [0.1, 0.15) is 31.0 Å². The third-order valence-electron chi connectivity index (χ3n) is 3.75. The molecule has 2 aromatic heterocycles. The Morgan fingerprint density at radius 1 is 1.08 bits per heavy atom. The smallest absolute Gasteiger partial charge is 0.239 e. The maximum atomic E-state index is 13.4. The Hall–Kier alpha value is -1.89. The van der Waals surface area contributed by atoms with E-state index < -0.39 is 17.6 Å². The molecule has 3 aromatic rings. The van der Waals surface area contributed by atoms with Gasteiger partial charge in [0.05, 0.1) is 21.2 Å². The molecule has 0 aliphatic carbocycles. The van der Waals surface area contributed by atoms with E-state index in [2.05, 4.69) is 21.0 Å². The third-order valence-corrected chi connectivity index (χ3v) is 4.56. The standard InChI is InChI=1S/C17H13BrF4N2/c1-9(2)16-15(18)14-8-11(5-6-24(14)23-16)10-3-4-13(19)12(7-10)17(20,21)22/h3-9H,1-2H3. The maximum absolute atomic E-state index is 13.4. The van der Waals surface area contributed by atoms with Gasteiger partial charge in [-0.1, -0.05) is 19.9 Å². The lowest BCUT2D eigenvalue weighted by Gasteiger charge is -2.10. The van der Waals surface area contributed by atoms with Crippen LogP contribution in [-0.4, -0.2) is 9.61 Å². The number of alkyl halides is 3. The first-order chi connectivity index (χ1) is 11.2. The molecule has 0 fully saturated rings. The van der Waals surface area contributed by atoms with Crippen molar-refractivity contribution in [1.82, 2.24) is 9.61 Å². The van der Waals surface area contributed by atoms with Gasteiger partial charge in [-0.2, -0.15) is 18.3 Å². The molecular formula is C17H13BrF4N2. The fraction of sp³-hybridized carbons (Fsp3) is 0.235. The fourth-order valence-electron chi connectivity index (χ4n) is 2.51. The normalized spacial score (nSPS) is 12.3. The molecule has 0 radical (unpaired) electrons. The van der Waals surface area contributed by atoms with Gasteiger partial charge in [0.2, 0.25) is 0 Å². The van der Waals surface area contributed by atoms with E-state index in [9.17, 15) is 17.6 Å². The highest BCUT2D eigenvalue weighted by Gasteiger charge is 2.34. The summed E-state index contributed by atoms with van der Waals surface area (Å²) in [5.74, 6) is -1.08. The second kappa shape index (κ2) is 5.88. The Bertz CT molecular complexity index is 913. The summed E-state index contributed by atoms with van der Waals surface area (Å²) in [5, 5.41) is 4.45. The van der Waals surface area contributed by atoms with Crippen molar-refractivity contribution in [2.45, 2.75) is 25.9 Å². The zero-order valence-corrected chi connectivity index (χ0v) is 14.4. The summed E-state index contributed by atoms with van der Waals surface area (Å²) in [6.45, 7) is 4.01. The lowest BCUT2D eigenvalue weighted by molar-refractivity contribution is -0.139. The minimum atomic E-state index is -4.73. The predicted molar refractivity (Wildman–Crippen MR) is 87.4 cm³/mol. The maximum Gasteiger partial charge on any atom is 0.419 e. The number of hydrogen-bond donors (Lipinski definition) is 0. The van der Waals surface area contributed by atoms with Gasteiger partial charge >= 0.3 is 6.18 Å². The number of hydrogen-bond acceptors (Lipinski definition) is 1. The molecular weight excluding hydrogens is 388 g/mol. The molecule has 0 spiro atoms. The molecule has 0 N–H and O–H groups in total. The van der Waals surface area contributed by atoms with E-state index in [1.807, 2.05) is 13.8 Å². The highest BCUT2D eigenvalue weighted by atomic mass is 79.9. The first-order valence-corrected chi connectivity index (χ1v) is 8.02. The number of rotatable bonds is 2. The Balaban J connectivity index is 2.15. The van der Waals surface area contributed by atoms with E-state index in [1.165, 1.54) is 6.07 Å². The van der Waals surface area contributed by atoms with Crippen molar-refractivity contribution >= 4 is 21.4 Å². The number of fused-ring (bicyclic) bond motifs is 1. The van der Waals surface area contributed by atoms with E-state index in [1.54, 1.807) is 22.8 Å². The predicted octanol–water partition coefficient (Wildman–Crippen LogP) is 6.05. The molecule has 126 valence electrons. The average Bonchev–Trinajstić information content (AvgIpc) is 2.83. The minimum Gasteiger partial charge on any atom is -0.239 e. The average molecular weight is 401 g/mol. The van der Waals surface area contributed by atoms with Crippen molar-refractivity contribution in [1.29, 1.82) is 0 Å². The summed E-state index contributed by atoms with van der Waals surface area (Å²) in [4.78, 5) is 0. The summed E-state index contributed by atoms with van der Waals surface area (Å²) in [6, 6.07) is 6.40. The molecule has 0 atom stereocenters. The number of pyridine rings is 1. The molecule has 24 heavy (non-hydrogen) atoms. The molecule has 1 aromatic carbocycles. The molecule has 0 aliphatic heterocycles. The van der Waals surface area contributed by atoms with Crippen LogP contribution in [0.3, 0.4) is 0 Å². The van der Waals surface area contributed by atoms with Gasteiger partial charge in [-0.3, -0.25) is 0 Å². The fourth-order valence-corrected chi connectivity index (χ4v) is 3.34. The van der Waals surface area contributed by atoms with Crippen LogP contribution >= 0.6 is 15.9 Å². The van der Waals surface area contributed by atoms with Gasteiger partial charge in [0.25, 0.3) is 0 Å². The van der Waals surface area contributed by atoms with E-state index >= 15 is 0 Å². The summed E-state index contributed by atoms with van der Waals surface area (Å²) in [6.07, 6.45) is -3.05. The molecule has 0 aliphatic rings. The molecule has 0 bridgehead atoms. The van der Waals surface area contributed by atoms with Crippen molar-refractivity contribution in [3.8, 4) is 11.1 Å².